The van der Waals surface area contributed by atoms with Crippen LogP contribution in [0.1, 0.15) is 71.6 Å². The minimum Gasteiger partial charge on any atom is -0.392 e. The quantitative estimate of drug-likeness (QED) is 0.528. The normalized spacial score (nSPS) is 31.1. The molecule has 1 heterocycles. The fourth-order valence-electron chi connectivity index (χ4n) is 5.37. The molecule has 30 heavy (non-hydrogen) atoms. The van der Waals surface area contributed by atoms with E-state index in [0.717, 1.165) is 58.0 Å². The Labute approximate surface area is 182 Å². The maximum absolute atomic E-state index is 12.3. The van der Waals surface area contributed by atoms with Crippen LogP contribution < -0.4 is 0 Å². The average Bonchev–Trinajstić information content (AvgIpc) is 3.24. The molecule has 0 aromatic carbocycles. The molecule has 0 aromatic heterocycles. The van der Waals surface area contributed by atoms with Crippen molar-refractivity contribution in [3.8, 4) is 0 Å². The van der Waals surface area contributed by atoms with Crippen LogP contribution in [-0.2, 0) is 9.53 Å². The van der Waals surface area contributed by atoms with Gasteiger partial charge in [0.15, 0.2) is 0 Å². The van der Waals surface area contributed by atoms with Crippen LogP contribution in [0.2, 0.25) is 0 Å². The summed E-state index contributed by atoms with van der Waals surface area (Å²) in [6.45, 7) is 6.82. The Kier molecular flexibility index (Phi) is 8.55. The first-order valence-corrected chi connectivity index (χ1v) is 12.0. The molecule has 1 saturated carbocycles. The van der Waals surface area contributed by atoms with E-state index in [2.05, 4.69) is 25.2 Å². The fraction of sp³-hybridized carbons (Fsp3) is 0.800. The van der Waals surface area contributed by atoms with E-state index in [9.17, 15) is 15.0 Å². The van der Waals surface area contributed by atoms with E-state index in [-0.39, 0.29) is 17.9 Å². The number of rotatable bonds is 10. The van der Waals surface area contributed by atoms with Crippen molar-refractivity contribution in [2.45, 2.75) is 83.3 Å². The summed E-state index contributed by atoms with van der Waals surface area (Å²) < 4.78 is 5.32. The van der Waals surface area contributed by atoms with E-state index in [1.807, 2.05) is 11.8 Å². The van der Waals surface area contributed by atoms with Crippen molar-refractivity contribution in [2.24, 2.45) is 17.8 Å². The van der Waals surface area contributed by atoms with E-state index in [0.29, 0.717) is 37.9 Å². The molecule has 2 N–H and O–H groups in total. The van der Waals surface area contributed by atoms with Crippen LogP contribution in [0.5, 0.6) is 0 Å². The van der Waals surface area contributed by atoms with Gasteiger partial charge in [-0.2, -0.15) is 0 Å². The minimum absolute atomic E-state index is 0.181. The van der Waals surface area contributed by atoms with Gasteiger partial charge in [0.1, 0.15) is 0 Å². The number of ether oxygens (including phenoxy) is 1. The molecule has 0 bridgehead atoms. The molecule has 2 fully saturated rings. The van der Waals surface area contributed by atoms with Crippen molar-refractivity contribution >= 4 is 5.91 Å². The number of aliphatic hydroxyl groups is 2. The molecule has 2 aliphatic carbocycles. The lowest BCUT2D eigenvalue weighted by Gasteiger charge is -2.26. The second-order valence-corrected chi connectivity index (χ2v) is 9.82. The number of fused-ring (bicyclic) bond motifs is 1. The number of carbonyl (C=O) groups is 1. The van der Waals surface area contributed by atoms with Gasteiger partial charge < -0.3 is 19.8 Å². The monoisotopic (exact) mass is 419 g/mol. The number of aliphatic hydroxyl groups excluding tert-OH is 1. The lowest BCUT2D eigenvalue weighted by atomic mass is 9.87. The van der Waals surface area contributed by atoms with Crippen molar-refractivity contribution < 1.29 is 19.7 Å². The maximum Gasteiger partial charge on any atom is 0.222 e. The van der Waals surface area contributed by atoms with E-state index in [4.69, 9.17) is 4.74 Å². The van der Waals surface area contributed by atoms with Gasteiger partial charge in [-0.15, -0.1) is 0 Å². The van der Waals surface area contributed by atoms with Crippen molar-refractivity contribution in [2.75, 3.05) is 26.3 Å². The SMILES string of the molecule is CCCC[C@](C)(O)CC=C[C@@H]1[C@H]2CC(CCCC(=O)N3CCOCC3)=C[C@H]2C[C@H]1O. The Balaban J connectivity index is 1.43. The van der Waals surface area contributed by atoms with Crippen molar-refractivity contribution in [3.63, 3.8) is 0 Å². The Bertz CT molecular complexity index is 621. The zero-order chi connectivity index (χ0) is 21.6. The molecule has 5 atom stereocenters. The summed E-state index contributed by atoms with van der Waals surface area (Å²) in [6, 6.07) is 0. The van der Waals surface area contributed by atoms with E-state index in [1.54, 1.807) is 0 Å². The highest BCUT2D eigenvalue weighted by atomic mass is 16.5. The number of hydrogen-bond acceptors (Lipinski definition) is 4. The highest BCUT2D eigenvalue weighted by molar-refractivity contribution is 5.76. The van der Waals surface area contributed by atoms with E-state index < -0.39 is 5.60 Å². The Hall–Kier alpha value is -1.17. The molecule has 170 valence electrons. The van der Waals surface area contributed by atoms with Crippen molar-refractivity contribution in [3.05, 3.63) is 23.8 Å². The van der Waals surface area contributed by atoms with Crippen LogP contribution in [-0.4, -0.2) is 59.0 Å². The molecule has 3 aliphatic rings. The number of hydrogen-bond donors (Lipinski definition) is 2. The Morgan fingerprint density at radius 1 is 1.33 bits per heavy atom. The molecule has 1 saturated heterocycles. The third-order valence-electron chi connectivity index (χ3n) is 7.19. The Morgan fingerprint density at radius 3 is 2.83 bits per heavy atom. The van der Waals surface area contributed by atoms with Crippen molar-refractivity contribution in [1.82, 2.24) is 4.90 Å². The topological polar surface area (TPSA) is 70.0 Å². The molecular weight excluding hydrogens is 378 g/mol. The number of unbranched alkanes of at least 4 members (excludes halogenated alkanes) is 1. The summed E-state index contributed by atoms with van der Waals surface area (Å²) in [5.74, 6) is 1.37. The summed E-state index contributed by atoms with van der Waals surface area (Å²) in [4.78, 5) is 14.2. The van der Waals surface area contributed by atoms with Gasteiger partial charge >= 0.3 is 0 Å². The number of carbonyl (C=O) groups excluding carboxylic acids is 1. The first kappa shape index (κ1) is 23.5. The lowest BCUT2D eigenvalue weighted by molar-refractivity contribution is -0.135. The molecule has 5 heteroatoms. The predicted molar refractivity (Wildman–Crippen MR) is 119 cm³/mol. The van der Waals surface area contributed by atoms with Gasteiger partial charge in [-0.25, -0.2) is 0 Å². The van der Waals surface area contributed by atoms with Gasteiger partial charge in [0.2, 0.25) is 5.91 Å². The molecule has 0 aromatic rings. The van der Waals surface area contributed by atoms with Crippen molar-refractivity contribution in [1.29, 1.82) is 0 Å². The summed E-state index contributed by atoms with van der Waals surface area (Å²) in [5.41, 5.74) is 0.807. The second kappa shape index (κ2) is 10.9. The van der Waals surface area contributed by atoms with Gasteiger partial charge in [-0.1, -0.05) is 43.6 Å². The standard InChI is InChI=1S/C25H41NO4/c1-3-4-10-25(2,29)11-6-8-21-22-17-19(16-20(22)18-23(21)27)7-5-9-24(28)26-12-14-30-15-13-26/h6,8,16,20-23,27,29H,3-5,7,9-15,17-18H2,1-2H3/t20-,21+,22-,23+,25-/m0/s1. The summed E-state index contributed by atoms with van der Waals surface area (Å²) in [6.07, 6.45) is 14.3. The van der Waals surface area contributed by atoms with Gasteiger partial charge in [0.05, 0.1) is 24.9 Å². The third kappa shape index (κ3) is 6.41. The van der Waals surface area contributed by atoms with E-state index in [1.165, 1.54) is 5.57 Å². The smallest absolute Gasteiger partial charge is 0.222 e. The molecule has 3 rings (SSSR count). The van der Waals surface area contributed by atoms with Gasteiger partial charge in [-0.05, 0) is 57.3 Å². The highest BCUT2D eigenvalue weighted by Gasteiger charge is 2.43. The molecule has 0 unspecified atom stereocenters. The van der Waals surface area contributed by atoms with Crippen LogP contribution in [0, 0.1) is 17.8 Å². The number of allylic oxidation sites excluding steroid dienone is 2. The van der Waals surface area contributed by atoms with Gasteiger partial charge in [0, 0.05) is 25.4 Å². The van der Waals surface area contributed by atoms with Crippen LogP contribution in [0.4, 0.5) is 0 Å². The first-order valence-electron chi connectivity index (χ1n) is 12.0. The summed E-state index contributed by atoms with van der Waals surface area (Å²) in [5, 5.41) is 21.0. The summed E-state index contributed by atoms with van der Waals surface area (Å²) in [7, 11) is 0. The van der Waals surface area contributed by atoms with Gasteiger partial charge in [-0.3, -0.25) is 4.79 Å². The first-order chi connectivity index (χ1) is 14.4. The molecular formula is C25H41NO4. The fourth-order valence-corrected chi connectivity index (χ4v) is 5.37. The zero-order valence-electron chi connectivity index (χ0n) is 18.9. The average molecular weight is 420 g/mol. The molecule has 1 aliphatic heterocycles. The van der Waals surface area contributed by atoms with Gasteiger partial charge in [0.25, 0.3) is 0 Å². The lowest BCUT2D eigenvalue weighted by Crippen LogP contribution is -2.40. The minimum atomic E-state index is -0.651. The Morgan fingerprint density at radius 2 is 2.10 bits per heavy atom. The maximum atomic E-state index is 12.3. The second-order valence-electron chi connectivity index (χ2n) is 9.82. The molecule has 0 spiro atoms. The van der Waals surface area contributed by atoms with Crippen LogP contribution in [0.25, 0.3) is 0 Å². The summed E-state index contributed by atoms with van der Waals surface area (Å²) >= 11 is 0. The third-order valence-corrected chi connectivity index (χ3v) is 7.19. The van der Waals surface area contributed by atoms with E-state index >= 15 is 0 Å². The highest BCUT2D eigenvalue weighted by Crippen LogP contribution is 2.48. The largest absolute Gasteiger partial charge is 0.392 e. The molecule has 1 amide bonds. The van der Waals surface area contributed by atoms with Crippen LogP contribution >= 0.6 is 0 Å². The van der Waals surface area contributed by atoms with Crippen LogP contribution in [0.15, 0.2) is 23.8 Å². The number of nitrogens with zero attached hydrogens (tertiary/aromatic N) is 1. The zero-order valence-corrected chi connectivity index (χ0v) is 18.9. The predicted octanol–water partition coefficient (Wildman–Crippen LogP) is 3.85. The number of morpholine rings is 1. The number of amides is 1. The van der Waals surface area contributed by atoms with Crippen LogP contribution in [0.3, 0.4) is 0 Å². The molecule has 5 nitrogen and oxygen atoms in total. The molecule has 0 radical (unpaired) electrons.